The quantitative estimate of drug-likeness (QED) is 0.167. The van der Waals surface area contributed by atoms with Crippen LogP contribution in [0.2, 0.25) is 0 Å². The van der Waals surface area contributed by atoms with Crippen molar-refractivity contribution in [3.8, 4) is 50.6 Å². The van der Waals surface area contributed by atoms with E-state index in [2.05, 4.69) is 256 Å². The fourth-order valence-corrected chi connectivity index (χ4v) is 12.1. The second kappa shape index (κ2) is 14.9. The lowest BCUT2D eigenvalue weighted by Crippen LogP contribution is -2.24. The van der Waals surface area contributed by atoms with Gasteiger partial charge in [0.25, 0.3) is 0 Å². The van der Waals surface area contributed by atoms with Gasteiger partial charge in [0.1, 0.15) is 0 Å². The molecule has 2 aliphatic rings. The molecule has 10 aromatic carbocycles. The van der Waals surface area contributed by atoms with Gasteiger partial charge < -0.3 is 4.90 Å². The molecule has 2 aliphatic carbocycles. The molecule has 2 aromatic heterocycles. The molecule has 4 nitrogen and oxygen atoms in total. The van der Waals surface area contributed by atoms with E-state index in [9.17, 15) is 0 Å². The van der Waals surface area contributed by atoms with Gasteiger partial charge >= 0.3 is 0 Å². The van der Waals surface area contributed by atoms with Crippen LogP contribution in [0.25, 0.3) is 94.1 Å². The summed E-state index contributed by atoms with van der Waals surface area (Å²) in [7, 11) is 0. The Balaban J connectivity index is 1.05. The smallest absolute Gasteiger partial charge is 0.235 e. The van der Waals surface area contributed by atoms with Crippen molar-refractivity contribution < 1.29 is 0 Å². The molecule has 0 aliphatic heterocycles. The number of fused-ring (bicyclic) bond motifs is 10. The lowest BCUT2D eigenvalue weighted by molar-refractivity contribution is 0.643. The van der Waals surface area contributed by atoms with Crippen molar-refractivity contribution in [2.75, 3.05) is 4.90 Å². The Hall–Kier alpha value is -8.60. The summed E-state index contributed by atoms with van der Waals surface area (Å²) in [5.41, 5.74) is 20.6. The van der Waals surface area contributed by atoms with Crippen molar-refractivity contribution in [2.24, 2.45) is 0 Å². The zero-order valence-corrected chi connectivity index (χ0v) is 39.6. The molecule has 4 heteroatoms. The molecule has 0 bridgehead atoms. The van der Waals surface area contributed by atoms with Gasteiger partial charge in [0.15, 0.2) is 0 Å². The summed E-state index contributed by atoms with van der Waals surface area (Å²) >= 11 is 0. The molecule has 0 atom stereocenters. The average molecular weight is 897 g/mol. The van der Waals surface area contributed by atoms with Crippen LogP contribution in [0.5, 0.6) is 0 Å². The maximum atomic E-state index is 5.60. The number of anilines is 3. The first-order valence-corrected chi connectivity index (χ1v) is 24.4. The van der Waals surface area contributed by atoms with Gasteiger partial charge in [-0.05, 0) is 115 Å². The summed E-state index contributed by atoms with van der Waals surface area (Å²) in [6.07, 6.45) is 0. The van der Waals surface area contributed by atoms with E-state index in [0.717, 1.165) is 66.8 Å². The van der Waals surface area contributed by atoms with E-state index in [4.69, 9.17) is 9.97 Å². The first kappa shape index (κ1) is 40.5. The van der Waals surface area contributed by atoms with E-state index >= 15 is 0 Å². The molecule has 70 heavy (non-hydrogen) atoms. The molecule has 0 fully saturated rings. The van der Waals surface area contributed by atoms with Gasteiger partial charge in [-0.15, -0.1) is 0 Å². The van der Waals surface area contributed by atoms with Crippen LogP contribution < -0.4 is 4.90 Å². The molecule has 0 spiro atoms. The van der Waals surface area contributed by atoms with Gasteiger partial charge in [-0.3, -0.25) is 4.57 Å². The van der Waals surface area contributed by atoms with Crippen molar-refractivity contribution in [1.82, 2.24) is 14.5 Å². The Morgan fingerprint density at radius 3 is 1.83 bits per heavy atom. The minimum Gasteiger partial charge on any atom is -0.310 e. The number of benzene rings is 10. The van der Waals surface area contributed by atoms with Gasteiger partial charge in [-0.1, -0.05) is 191 Å². The van der Waals surface area contributed by atoms with E-state index in [0.29, 0.717) is 5.95 Å². The van der Waals surface area contributed by atoms with Crippen molar-refractivity contribution in [3.63, 3.8) is 0 Å². The van der Waals surface area contributed by atoms with Crippen LogP contribution in [0.4, 0.5) is 17.1 Å². The van der Waals surface area contributed by atoms with E-state index in [1.165, 1.54) is 60.7 Å². The zero-order valence-electron chi connectivity index (χ0n) is 39.6. The maximum Gasteiger partial charge on any atom is 0.235 e. The highest BCUT2D eigenvalue weighted by molar-refractivity contribution is 6.22. The Bertz CT molecular complexity index is 4120. The number of nitrogens with zero attached hydrogens (tertiary/aromatic N) is 4. The highest BCUT2D eigenvalue weighted by atomic mass is 15.2. The highest BCUT2D eigenvalue weighted by Crippen LogP contribution is 2.53. The largest absolute Gasteiger partial charge is 0.310 e. The van der Waals surface area contributed by atoms with Crippen LogP contribution in [0.15, 0.2) is 218 Å². The normalized spacial score (nSPS) is 13.9. The van der Waals surface area contributed by atoms with E-state index in [1.807, 2.05) is 0 Å². The van der Waals surface area contributed by atoms with Crippen LogP contribution in [0, 0.1) is 0 Å². The van der Waals surface area contributed by atoms with Crippen molar-refractivity contribution in [2.45, 2.75) is 38.5 Å². The number of hydrogen-bond acceptors (Lipinski definition) is 3. The van der Waals surface area contributed by atoms with Gasteiger partial charge in [0.05, 0.1) is 27.9 Å². The van der Waals surface area contributed by atoms with Gasteiger partial charge in [0, 0.05) is 49.5 Å². The zero-order chi connectivity index (χ0) is 46.9. The minimum atomic E-state index is -0.192. The lowest BCUT2D eigenvalue weighted by Gasteiger charge is -2.34. The first-order chi connectivity index (χ1) is 34.2. The Morgan fingerprint density at radius 2 is 1.01 bits per heavy atom. The van der Waals surface area contributed by atoms with Crippen molar-refractivity contribution in [3.05, 3.63) is 241 Å². The van der Waals surface area contributed by atoms with Gasteiger partial charge in [0.2, 0.25) is 5.95 Å². The van der Waals surface area contributed by atoms with Crippen molar-refractivity contribution >= 4 is 60.5 Å². The fourth-order valence-electron chi connectivity index (χ4n) is 12.1. The van der Waals surface area contributed by atoms with Crippen LogP contribution in [-0.2, 0) is 10.8 Å². The second-order valence-corrected chi connectivity index (χ2v) is 20.2. The van der Waals surface area contributed by atoms with Crippen LogP contribution in [0.3, 0.4) is 0 Å². The molecule has 0 saturated heterocycles. The monoisotopic (exact) mass is 896 g/mol. The molecule has 332 valence electrons. The summed E-state index contributed by atoms with van der Waals surface area (Å²) in [5.74, 6) is 0.664. The summed E-state index contributed by atoms with van der Waals surface area (Å²) in [4.78, 5) is 13.6. The van der Waals surface area contributed by atoms with Crippen LogP contribution in [0.1, 0.15) is 49.9 Å². The predicted molar refractivity (Wildman–Crippen MR) is 292 cm³/mol. The maximum absolute atomic E-state index is 5.60. The van der Waals surface area contributed by atoms with Crippen LogP contribution in [-0.4, -0.2) is 14.5 Å². The summed E-state index contributed by atoms with van der Waals surface area (Å²) < 4.78 is 2.30. The molecule has 0 amide bonds. The van der Waals surface area contributed by atoms with Gasteiger partial charge in [-0.2, -0.15) is 0 Å². The molecule has 0 radical (unpaired) electrons. The number of aromatic nitrogens is 3. The minimum absolute atomic E-state index is 0.181. The molecular formula is C66H48N4. The summed E-state index contributed by atoms with van der Waals surface area (Å²) in [5, 5.41) is 5.83. The summed E-state index contributed by atoms with van der Waals surface area (Å²) in [6, 6.07) is 80.2. The molecule has 0 N–H and O–H groups in total. The van der Waals surface area contributed by atoms with E-state index in [-0.39, 0.29) is 10.8 Å². The van der Waals surface area contributed by atoms with Gasteiger partial charge in [-0.25, -0.2) is 9.97 Å². The lowest BCUT2D eigenvalue weighted by atomic mass is 9.70. The SMILES string of the molecule is CC1(C)c2ccccc2-c2ccc(N(c3ccc4c(c3)c3c5ccccc5ccc3n4-c3nc4c5c(cccc5n3)C(C)(C)c3ccccc3-4)c3ccc(-c4ccccc4)cc3-c3ccccc3)cc21. The third-order valence-corrected chi connectivity index (χ3v) is 15.6. The molecular weight excluding hydrogens is 849 g/mol. The second-order valence-electron chi connectivity index (χ2n) is 20.2. The van der Waals surface area contributed by atoms with Crippen LogP contribution >= 0.6 is 0 Å². The summed E-state index contributed by atoms with van der Waals surface area (Å²) in [6.45, 7) is 9.37. The third-order valence-electron chi connectivity index (χ3n) is 15.6. The first-order valence-electron chi connectivity index (χ1n) is 24.4. The van der Waals surface area contributed by atoms with E-state index in [1.54, 1.807) is 0 Å². The molecule has 14 rings (SSSR count). The molecule has 12 aromatic rings. The Morgan fingerprint density at radius 1 is 0.386 bits per heavy atom. The standard InChI is InChI=1S/C66H48N4/c1-65(2)54-27-16-14-25-50(54)63-62-55(65)28-17-29-57(62)67-64(68-63)70-59-37-33-45(39-52(59)61-47-23-12-11-22-43(47)30-36-60(61)70)69(46-32-34-49-48-24-13-15-26-53(48)66(3,4)56(49)40-46)58-35-31-44(41-18-7-5-8-19-41)38-51(58)42-20-9-6-10-21-42/h5-40H,1-4H3. The number of rotatable bonds is 6. The molecule has 0 unspecified atom stereocenters. The number of hydrogen-bond donors (Lipinski definition) is 0. The average Bonchev–Trinajstić information content (AvgIpc) is 3.86. The molecule has 2 heterocycles. The Kier molecular flexibility index (Phi) is 8.64. The predicted octanol–water partition coefficient (Wildman–Crippen LogP) is 17.3. The Labute approximate surface area is 407 Å². The highest BCUT2D eigenvalue weighted by Gasteiger charge is 2.37. The van der Waals surface area contributed by atoms with Crippen molar-refractivity contribution in [1.29, 1.82) is 0 Å². The van der Waals surface area contributed by atoms with E-state index < -0.39 is 0 Å². The third kappa shape index (κ3) is 5.83. The fraction of sp³-hybridized carbons (Fsp3) is 0.0909. The molecule has 0 saturated carbocycles. The topological polar surface area (TPSA) is 34.0 Å².